The minimum atomic E-state index is -4.22. The molecule has 0 atom stereocenters. The first-order valence-corrected chi connectivity index (χ1v) is 8.00. The number of benzene rings is 1. The molecule has 0 radical (unpaired) electrons. The van der Waals surface area contributed by atoms with Crippen molar-refractivity contribution in [2.24, 2.45) is 5.14 Å². The molecule has 0 spiro atoms. The molecule has 0 saturated carbocycles. The van der Waals surface area contributed by atoms with Crippen LogP contribution in [-0.4, -0.2) is 24.8 Å². The van der Waals surface area contributed by atoms with E-state index in [1.807, 2.05) is 0 Å². The third-order valence-corrected chi connectivity index (χ3v) is 4.33. The molecule has 0 aliphatic rings. The zero-order chi connectivity index (χ0) is 16.6. The second-order valence-corrected chi connectivity index (χ2v) is 7.63. The van der Waals surface area contributed by atoms with Crippen molar-refractivity contribution in [3.63, 3.8) is 0 Å². The minimum Gasteiger partial charge on any atom is -0.347 e. The summed E-state index contributed by atoms with van der Waals surface area (Å²) in [4.78, 5) is 21.7. The summed E-state index contributed by atoms with van der Waals surface area (Å²) in [5, 5.41) is 18.5. The fourth-order valence-electron chi connectivity index (χ4n) is 1.47. The fraction of sp³-hybridized carbons (Fsp3) is 0.364. The van der Waals surface area contributed by atoms with E-state index < -0.39 is 37.0 Å². The van der Waals surface area contributed by atoms with Crippen LogP contribution >= 0.6 is 15.9 Å². The van der Waals surface area contributed by atoms with E-state index in [4.69, 9.17) is 5.14 Å². The first kappa shape index (κ1) is 17.5. The van der Waals surface area contributed by atoms with Crippen LogP contribution < -0.4 is 10.5 Å². The van der Waals surface area contributed by atoms with Gasteiger partial charge in [0.2, 0.25) is 10.0 Å². The number of nitrogens with two attached hydrogens (primary N) is 1. The number of nitrogens with one attached hydrogen (secondary N) is 1. The molecule has 8 nitrogen and oxygen atoms in total. The Morgan fingerprint density at radius 2 is 1.90 bits per heavy atom. The third kappa shape index (κ3) is 4.48. The van der Waals surface area contributed by atoms with Crippen molar-refractivity contribution in [1.29, 1.82) is 0 Å². The van der Waals surface area contributed by atoms with Gasteiger partial charge in [0.15, 0.2) is 0 Å². The Balaban J connectivity index is 3.55. The zero-order valence-corrected chi connectivity index (χ0v) is 13.9. The Kier molecular flexibility index (Phi) is 4.76. The van der Waals surface area contributed by atoms with Crippen molar-refractivity contribution >= 4 is 37.5 Å². The van der Waals surface area contributed by atoms with Gasteiger partial charge in [-0.3, -0.25) is 14.9 Å². The Morgan fingerprint density at radius 3 is 2.29 bits per heavy atom. The number of halogens is 1. The largest absolute Gasteiger partial charge is 0.347 e. The molecule has 116 valence electrons. The van der Waals surface area contributed by atoms with Gasteiger partial charge in [-0.05, 0) is 36.7 Å². The number of nitrogens with zero attached hydrogens (tertiary/aromatic N) is 1. The maximum Gasteiger partial charge on any atom is 0.271 e. The van der Waals surface area contributed by atoms with E-state index in [1.165, 1.54) is 0 Å². The van der Waals surface area contributed by atoms with Crippen LogP contribution in [0.4, 0.5) is 5.69 Å². The van der Waals surface area contributed by atoms with E-state index in [0.29, 0.717) is 0 Å². The van der Waals surface area contributed by atoms with Crippen LogP contribution in [0.15, 0.2) is 21.5 Å². The Bertz CT molecular complexity index is 709. The zero-order valence-electron chi connectivity index (χ0n) is 11.5. The van der Waals surface area contributed by atoms with Gasteiger partial charge in [0.25, 0.3) is 11.6 Å². The molecule has 0 fully saturated rings. The molecule has 0 aliphatic carbocycles. The lowest BCUT2D eigenvalue weighted by atomic mass is 10.1. The van der Waals surface area contributed by atoms with Crippen molar-refractivity contribution in [1.82, 2.24) is 5.32 Å². The lowest BCUT2D eigenvalue weighted by Gasteiger charge is -2.21. The predicted molar refractivity (Wildman–Crippen MR) is 79.4 cm³/mol. The number of amides is 1. The Hall–Kier alpha value is -1.52. The number of hydrogen-bond acceptors (Lipinski definition) is 5. The Labute approximate surface area is 130 Å². The summed E-state index contributed by atoms with van der Waals surface area (Å²) in [5.74, 6) is -0.650. The van der Waals surface area contributed by atoms with Crippen molar-refractivity contribution in [3.8, 4) is 0 Å². The van der Waals surface area contributed by atoms with E-state index in [9.17, 15) is 23.3 Å². The van der Waals surface area contributed by atoms with Gasteiger partial charge in [-0.1, -0.05) is 0 Å². The summed E-state index contributed by atoms with van der Waals surface area (Å²) in [7, 11) is -4.22. The number of nitro benzene ring substituents is 1. The average Bonchev–Trinajstić information content (AvgIpc) is 2.24. The van der Waals surface area contributed by atoms with Crippen LogP contribution in [0.25, 0.3) is 0 Å². The van der Waals surface area contributed by atoms with Gasteiger partial charge >= 0.3 is 0 Å². The maximum absolute atomic E-state index is 12.1. The van der Waals surface area contributed by atoms with E-state index in [1.54, 1.807) is 20.8 Å². The summed E-state index contributed by atoms with van der Waals surface area (Å²) in [6.07, 6.45) is 0. The van der Waals surface area contributed by atoms with Crippen LogP contribution in [0, 0.1) is 10.1 Å². The van der Waals surface area contributed by atoms with Crippen molar-refractivity contribution in [2.75, 3.05) is 0 Å². The van der Waals surface area contributed by atoms with Crippen LogP contribution in [-0.2, 0) is 10.0 Å². The van der Waals surface area contributed by atoms with E-state index in [-0.39, 0.29) is 10.0 Å². The molecule has 0 unspecified atom stereocenters. The normalized spacial score (nSPS) is 12.0. The average molecular weight is 380 g/mol. The fourth-order valence-corrected chi connectivity index (χ4v) is 3.20. The lowest BCUT2D eigenvalue weighted by Crippen LogP contribution is -2.40. The number of rotatable bonds is 3. The molecule has 1 rings (SSSR count). The predicted octanol–water partition coefficient (Wildman–Crippen LogP) is 1.53. The number of carbonyl (C=O) groups excluding carboxylic acids is 1. The van der Waals surface area contributed by atoms with Crippen molar-refractivity contribution in [3.05, 3.63) is 32.3 Å². The van der Waals surface area contributed by atoms with E-state index in [2.05, 4.69) is 21.2 Å². The van der Waals surface area contributed by atoms with Gasteiger partial charge in [-0.25, -0.2) is 13.6 Å². The summed E-state index contributed by atoms with van der Waals surface area (Å²) in [5.41, 5.74) is -1.31. The highest BCUT2D eigenvalue weighted by atomic mass is 79.9. The molecule has 1 aromatic carbocycles. The molecule has 0 heterocycles. The van der Waals surface area contributed by atoms with Crippen LogP contribution in [0.5, 0.6) is 0 Å². The number of sulfonamides is 1. The van der Waals surface area contributed by atoms with Gasteiger partial charge in [0.1, 0.15) is 4.90 Å². The van der Waals surface area contributed by atoms with Gasteiger partial charge in [0, 0.05) is 17.7 Å². The molecule has 3 N–H and O–H groups in total. The van der Waals surface area contributed by atoms with E-state index in [0.717, 1.165) is 12.1 Å². The third-order valence-electron chi connectivity index (χ3n) is 2.27. The highest BCUT2D eigenvalue weighted by Gasteiger charge is 2.26. The number of nitro groups is 1. The molecular formula is C11H14BrN3O5S. The molecule has 0 aliphatic heterocycles. The van der Waals surface area contributed by atoms with Gasteiger partial charge < -0.3 is 5.32 Å². The standard InChI is InChI=1S/C11H14BrN3O5S/c1-11(2,3)14-10(16)7-4-6(15(17)18)5-8(9(7)12)21(13,19)20/h4-5H,1-3H3,(H,14,16)(H2,13,19,20). The monoisotopic (exact) mass is 379 g/mol. The number of non-ortho nitro benzene ring substituents is 1. The molecule has 0 bridgehead atoms. The summed E-state index contributed by atoms with van der Waals surface area (Å²) < 4.78 is 22.9. The number of carbonyl (C=O) groups is 1. The first-order valence-electron chi connectivity index (χ1n) is 5.66. The molecule has 1 aromatic rings. The molecule has 0 aromatic heterocycles. The van der Waals surface area contributed by atoms with Crippen LogP contribution in [0.2, 0.25) is 0 Å². The molecule has 1 amide bonds. The molecule has 0 saturated heterocycles. The second-order valence-electron chi connectivity index (χ2n) is 5.31. The van der Waals surface area contributed by atoms with Crippen molar-refractivity contribution < 1.29 is 18.1 Å². The topological polar surface area (TPSA) is 132 Å². The SMILES string of the molecule is CC(C)(C)NC(=O)c1cc([N+](=O)[O-])cc(S(N)(=O)=O)c1Br. The minimum absolute atomic E-state index is 0.114. The van der Waals surface area contributed by atoms with E-state index >= 15 is 0 Å². The van der Waals surface area contributed by atoms with Crippen LogP contribution in [0.1, 0.15) is 31.1 Å². The summed E-state index contributed by atoms with van der Waals surface area (Å²) >= 11 is 2.97. The smallest absolute Gasteiger partial charge is 0.271 e. The molecule has 10 heteroatoms. The summed E-state index contributed by atoms with van der Waals surface area (Å²) in [6.45, 7) is 5.16. The highest BCUT2D eigenvalue weighted by molar-refractivity contribution is 9.10. The molecule has 21 heavy (non-hydrogen) atoms. The van der Waals surface area contributed by atoms with Crippen molar-refractivity contribution in [2.45, 2.75) is 31.2 Å². The van der Waals surface area contributed by atoms with Crippen LogP contribution in [0.3, 0.4) is 0 Å². The number of primary sulfonamides is 1. The molecular weight excluding hydrogens is 366 g/mol. The van der Waals surface area contributed by atoms with Gasteiger partial charge in [-0.15, -0.1) is 0 Å². The van der Waals surface area contributed by atoms with Gasteiger partial charge in [0.05, 0.1) is 15.0 Å². The maximum atomic E-state index is 12.1. The first-order chi connectivity index (χ1) is 9.33. The lowest BCUT2D eigenvalue weighted by molar-refractivity contribution is -0.385. The highest BCUT2D eigenvalue weighted by Crippen LogP contribution is 2.30. The van der Waals surface area contributed by atoms with Gasteiger partial charge in [-0.2, -0.15) is 0 Å². The number of hydrogen-bond donors (Lipinski definition) is 2. The summed E-state index contributed by atoms with van der Waals surface area (Å²) in [6, 6.07) is 1.78. The Morgan fingerprint density at radius 1 is 1.38 bits per heavy atom. The quantitative estimate of drug-likeness (QED) is 0.606. The second kappa shape index (κ2) is 5.70.